The molecule has 0 aliphatic heterocycles. The minimum absolute atomic E-state index is 0.301. The summed E-state index contributed by atoms with van der Waals surface area (Å²) in [6.07, 6.45) is 2.21. The Morgan fingerprint density at radius 3 is 2.18 bits per heavy atom. The number of hydrogen-bond donors (Lipinski definition) is 0. The number of esters is 1. The maximum atomic E-state index is 12.7. The highest BCUT2D eigenvalue weighted by molar-refractivity contribution is 5.87. The topological polar surface area (TPSA) is 29.5 Å². The summed E-state index contributed by atoms with van der Waals surface area (Å²) in [4.78, 5) is 14.7. The standard InChI is InChI=1S/C19H21NO2/c1-4-15-19(18(21)22-3,16-11-7-5-8-12-16)20(2)17-13-9-6-10-14-17/h4-14H,1,15H2,2-3H3. The fourth-order valence-electron chi connectivity index (χ4n) is 2.75. The fourth-order valence-corrected chi connectivity index (χ4v) is 2.75. The highest BCUT2D eigenvalue weighted by atomic mass is 16.5. The summed E-state index contributed by atoms with van der Waals surface area (Å²) in [5.74, 6) is -0.301. The van der Waals surface area contributed by atoms with E-state index in [4.69, 9.17) is 4.74 Å². The van der Waals surface area contributed by atoms with Crippen LogP contribution in [0.1, 0.15) is 12.0 Å². The van der Waals surface area contributed by atoms with Gasteiger partial charge in [0.05, 0.1) is 7.11 Å². The zero-order chi connectivity index (χ0) is 16.0. The molecule has 0 N–H and O–H groups in total. The van der Waals surface area contributed by atoms with Gasteiger partial charge in [-0.3, -0.25) is 0 Å². The molecule has 0 fully saturated rings. The molecule has 0 spiro atoms. The second kappa shape index (κ2) is 6.94. The first kappa shape index (κ1) is 15.8. The number of para-hydroxylation sites is 1. The number of methoxy groups -OCH3 is 1. The normalized spacial score (nSPS) is 13.0. The third-order valence-electron chi connectivity index (χ3n) is 3.93. The third-order valence-corrected chi connectivity index (χ3v) is 3.93. The van der Waals surface area contributed by atoms with E-state index in [1.807, 2.05) is 72.6 Å². The number of benzene rings is 2. The molecular weight excluding hydrogens is 274 g/mol. The predicted molar refractivity (Wildman–Crippen MR) is 89.8 cm³/mol. The van der Waals surface area contributed by atoms with Gasteiger partial charge in [-0.1, -0.05) is 54.6 Å². The van der Waals surface area contributed by atoms with Gasteiger partial charge in [0, 0.05) is 19.2 Å². The van der Waals surface area contributed by atoms with Gasteiger partial charge < -0.3 is 9.64 Å². The van der Waals surface area contributed by atoms with E-state index in [0.717, 1.165) is 11.3 Å². The van der Waals surface area contributed by atoms with Crippen molar-refractivity contribution in [2.24, 2.45) is 0 Å². The van der Waals surface area contributed by atoms with Crippen LogP contribution in [-0.4, -0.2) is 20.1 Å². The Hall–Kier alpha value is -2.55. The molecule has 22 heavy (non-hydrogen) atoms. The van der Waals surface area contributed by atoms with Crippen molar-refractivity contribution in [3.8, 4) is 0 Å². The third kappa shape index (κ3) is 2.75. The number of carbonyl (C=O) groups excluding carboxylic acids is 1. The number of carbonyl (C=O) groups is 1. The van der Waals surface area contributed by atoms with Crippen molar-refractivity contribution >= 4 is 11.7 Å². The lowest BCUT2D eigenvalue weighted by Gasteiger charge is -2.40. The van der Waals surface area contributed by atoms with Gasteiger partial charge in [0.15, 0.2) is 5.54 Å². The largest absolute Gasteiger partial charge is 0.467 e. The highest BCUT2D eigenvalue weighted by Crippen LogP contribution is 2.36. The van der Waals surface area contributed by atoms with Crippen molar-refractivity contribution in [1.82, 2.24) is 0 Å². The van der Waals surface area contributed by atoms with Crippen LogP contribution in [0.2, 0.25) is 0 Å². The maximum absolute atomic E-state index is 12.7. The average molecular weight is 295 g/mol. The zero-order valence-electron chi connectivity index (χ0n) is 13.0. The van der Waals surface area contributed by atoms with E-state index >= 15 is 0 Å². The predicted octanol–water partition coefficient (Wildman–Crippen LogP) is 3.77. The second-order valence-corrected chi connectivity index (χ2v) is 5.11. The van der Waals surface area contributed by atoms with Crippen LogP contribution in [0.4, 0.5) is 5.69 Å². The number of anilines is 1. The van der Waals surface area contributed by atoms with Crippen molar-refractivity contribution in [2.45, 2.75) is 12.0 Å². The molecule has 0 heterocycles. The van der Waals surface area contributed by atoms with Crippen molar-refractivity contribution in [3.63, 3.8) is 0 Å². The van der Waals surface area contributed by atoms with Crippen LogP contribution in [0.5, 0.6) is 0 Å². The van der Waals surface area contributed by atoms with E-state index in [2.05, 4.69) is 6.58 Å². The van der Waals surface area contributed by atoms with Gasteiger partial charge in [-0.25, -0.2) is 4.79 Å². The second-order valence-electron chi connectivity index (χ2n) is 5.11. The van der Waals surface area contributed by atoms with Crippen LogP contribution in [0.25, 0.3) is 0 Å². The van der Waals surface area contributed by atoms with E-state index in [1.54, 1.807) is 6.08 Å². The quantitative estimate of drug-likeness (QED) is 0.600. The van der Waals surface area contributed by atoms with Crippen molar-refractivity contribution in [1.29, 1.82) is 0 Å². The highest BCUT2D eigenvalue weighted by Gasteiger charge is 2.44. The summed E-state index contributed by atoms with van der Waals surface area (Å²) >= 11 is 0. The lowest BCUT2D eigenvalue weighted by atomic mass is 9.84. The molecule has 2 rings (SSSR count). The summed E-state index contributed by atoms with van der Waals surface area (Å²) in [7, 11) is 3.32. The summed E-state index contributed by atoms with van der Waals surface area (Å²) in [6.45, 7) is 3.83. The van der Waals surface area contributed by atoms with Crippen LogP contribution in [0.15, 0.2) is 73.3 Å². The van der Waals surface area contributed by atoms with Crippen LogP contribution in [0, 0.1) is 0 Å². The molecule has 0 bridgehead atoms. The summed E-state index contributed by atoms with van der Waals surface area (Å²) < 4.78 is 5.14. The van der Waals surface area contributed by atoms with Gasteiger partial charge in [0.25, 0.3) is 0 Å². The molecule has 1 atom stereocenters. The first-order chi connectivity index (χ1) is 10.7. The molecule has 2 aromatic carbocycles. The van der Waals surface area contributed by atoms with Crippen molar-refractivity contribution < 1.29 is 9.53 Å². The van der Waals surface area contributed by atoms with Crippen molar-refractivity contribution in [3.05, 3.63) is 78.9 Å². The molecular formula is C19H21NO2. The lowest BCUT2D eigenvalue weighted by molar-refractivity contribution is -0.147. The Labute approximate surface area is 131 Å². The first-order valence-corrected chi connectivity index (χ1v) is 7.20. The van der Waals surface area contributed by atoms with Crippen LogP contribution in [-0.2, 0) is 15.1 Å². The van der Waals surface area contributed by atoms with Gasteiger partial charge in [-0.05, 0) is 17.7 Å². The molecule has 0 saturated heterocycles. The Kier molecular flexibility index (Phi) is 4.99. The molecule has 2 aromatic rings. The Balaban J connectivity index is 2.62. The summed E-state index contributed by atoms with van der Waals surface area (Å²) in [6, 6.07) is 19.5. The number of ether oxygens (including phenoxy) is 1. The smallest absolute Gasteiger partial charge is 0.336 e. The molecule has 0 radical (unpaired) electrons. The molecule has 114 valence electrons. The first-order valence-electron chi connectivity index (χ1n) is 7.20. The van der Waals surface area contributed by atoms with E-state index < -0.39 is 5.54 Å². The molecule has 3 heteroatoms. The van der Waals surface area contributed by atoms with Gasteiger partial charge in [0.2, 0.25) is 0 Å². The number of rotatable bonds is 6. The minimum atomic E-state index is -0.931. The minimum Gasteiger partial charge on any atom is -0.467 e. The van der Waals surface area contributed by atoms with Gasteiger partial charge in [0.1, 0.15) is 0 Å². The molecule has 1 unspecified atom stereocenters. The molecule has 0 aromatic heterocycles. The molecule has 0 saturated carbocycles. The van der Waals surface area contributed by atoms with Crippen LogP contribution >= 0.6 is 0 Å². The maximum Gasteiger partial charge on any atom is 0.336 e. The van der Waals surface area contributed by atoms with Gasteiger partial charge >= 0.3 is 5.97 Å². The van der Waals surface area contributed by atoms with Gasteiger partial charge in [-0.15, -0.1) is 6.58 Å². The summed E-state index contributed by atoms with van der Waals surface area (Å²) in [5, 5.41) is 0. The molecule has 3 nitrogen and oxygen atoms in total. The van der Waals surface area contributed by atoms with Crippen LogP contribution in [0.3, 0.4) is 0 Å². The van der Waals surface area contributed by atoms with E-state index in [-0.39, 0.29) is 5.97 Å². The fraction of sp³-hybridized carbons (Fsp3) is 0.211. The number of likely N-dealkylation sites (N-methyl/N-ethyl adjacent to an activating group) is 1. The van der Waals surface area contributed by atoms with Crippen LogP contribution < -0.4 is 4.90 Å². The zero-order valence-corrected chi connectivity index (χ0v) is 13.0. The Morgan fingerprint density at radius 1 is 1.14 bits per heavy atom. The van der Waals surface area contributed by atoms with E-state index in [9.17, 15) is 4.79 Å². The average Bonchev–Trinajstić information content (AvgIpc) is 2.60. The monoisotopic (exact) mass is 295 g/mol. The van der Waals surface area contributed by atoms with Crippen molar-refractivity contribution in [2.75, 3.05) is 19.1 Å². The molecule has 0 aliphatic rings. The van der Waals surface area contributed by atoms with E-state index in [0.29, 0.717) is 6.42 Å². The Bertz CT molecular complexity index is 624. The Morgan fingerprint density at radius 2 is 1.68 bits per heavy atom. The lowest BCUT2D eigenvalue weighted by Crippen LogP contribution is -2.51. The molecule has 0 aliphatic carbocycles. The van der Waals surface area contributed by atoms with Gasteiger partial charge in [-0.2, -0.15) is 0 Å². The summed E-state index contributed by atoms with van der Waals surface area (Å²) in [5.41, 5.74) is 0.894. The molecule has 0 amide bonds. The van der Waals surface area contributed by atoms with E-state index in [1.165, 1.54) is 7.11 Å². The SMILES string of the molecule is C=CCC(C(=O)OC)(c1ccccc1)N(C)c1ccccc1. The number of nitrogens with zero attached hydrogens (tertiary/aromatic N) is 1. The number of hydrogen-bond acceptors (Lipinski definition) is 3.